The van der Waals surface area contributed by atoms with E-state index in [9.17, 15) is 54.9 Å². The summed E-state index contributed by atoms with van der Waals surface area (Å²) in [6, 6.07) is -0.979. The third-order valence-electron chi connectivity index (χ3n) is 10.7. The van der Waals surface area contributed by atoms with E-state index in [2.05, 4.69) is 16.0 Å². The highest BCUT2D eigenvalue weighted by molar-refractivity contribution is 5.91. The van der Waals surface area contributed by atoms with Crippen LogP contribution in [0.3, 0.4) is 0 Å². The number of methoxy groups -OCH3 is 3. The minimum absolute atomic E-state index is 0.0656. The van der Waals surface area contributed by atoms with Crippen LogP contribution >= 0.6 is 0 Å². The number of nitrogens with one attached hydrogen (secondary N) is 3. The van der Waals surface area contributed by atoms with Crippen LogP contribution in [0.2, 0.25) is 0 Å². The van der Waals surface area contributed by atoms with E-state index in [1.54, 1.807) is 0 Å². The van der Waals surface area contributed by atoms with Crippen molar-refractivity contribution in [1.82, 2.24) is 16.0 Å². The fourth-order valence-corrected chi connectivity index (χ4v) is 7.77. The molecule has 23 heteroatoms. The molecule has 1 aromatic carbocycles. The molecule has 23 nitrogen and oxygen atoms in total. The van der Waals surface area contributed by atoms with Gasteiger partial charge in [0, 0.05) is 26.7 Å². The third-order valence-corrected chi connectivity index (χ3v) is 10.7. The molecule has 0 saturated carbocycles. The van der Waals surface area contributed by atoms with Gasteiger partial charge in [-0.05, 0) is 12.1 Å². The van der Waals surface area contributed by atoms with E-state index in [4.69, 9.17) is 42.6 Å². The number of amides is 3. The molecule has 0 spiro atoms. The fourth-order valence-electron chi connectivity index (χ4n) is 7.77. The van der Waals surface area contributed by atoms with Crippen LogP contribution < -0.4 is 30.2 Å². The number of carbonyl (C=O) groups is 4. The summed E-state index contributed by atoms with van der Waals surface area (Å²) >= 11 is 0. The Morgan fingerprint density at radius 3 is 1.56 bits per heavy atom. The van der Waals surface area contributed by atoms with Gasteiger partial charge in [0.25, 0.3) is 0 Å². The van der Waals surface area contributed by atoms with Crippen LogP contribution in [-0.2, 0) is 42.8 Å². The molecular formula is C38H59N3O20. The van der Waals surface area contributed by atoms with Crippen LogP contribution in [-0.4, -0.2) is 206 Å². The van der Waals surface area contributed by atoms with Gasteiger partial charge < -0.3 is 94.3 Å². The Bertz CT molecular complexity index is 1600. The molecule has 3 heterocycles. The van der Waals surface area contributed by atoms with Crippen LogP contribution in [0.4, 0.5) is 0 Å². The summed E-state index contributed by atoms with van der Waals surface area (Å²) < 4.78 is 51.8. The predicted octanol–water partition coefficient (Wildman–Crippen LogP) is -4.67. The Kier molecular flexibility index (Phi) is 18.7. The number of aliphatic hydroxyl groups excluding tert-OH is 7. The van der Waals surface area contributed by atoms with Crippen molar-refractivity contribution < 1.29 is 97.6 Å². The molecule has 3 amide bonds. The number of hydrogen-bond donors (Lipinski definition) is 10. The van der Waals surface area contributed by atoms with Crippen LogP contribution in [0.5, 0.6) is 17.2 Å². The van der Waals surface area contributed by atoms with Gasteiger partial charge in [-0.3, -0.25) is 14.4 Å². The molecule has 0 aliphatic carbocycles. The zero-order valence-electron chi connectivity index (χ0n) is 34.7. The summed E-state index contributed by atoms with van der Waals surface area (Å²) in [6.07, 6.45) is -13.4. The molecule has 3 aliphatic heterocycles. The summed E-state index contributed by atoms with van der Waals surface area (Å²) in [5.74, 6) is -4.28. The summed E-state index contributed by atoms with van der Waals surface area (Å²) in [5, 5.41) is 80.8. The number of carbonyl (C=O) groups excluding carboxylic acids is 4. The second-order valence-corrected chi connectivity index (χ2v) is 14.9. The van der Waals surface area contributed by atoms with Crippen molar-refractivity contribution >= 4 is 23.7 Å². The van der Waals surface area contributed by atoms with Crippen molar-refractivity contribution in [3.63, 3.8) is 0 Å². The van der Waals surface area contributed by atoms with Crippen molar-refractivity contribution in [3.05, 3.63) is 17.7 Å². The van der Waals surface area contributed by atoms with E-state index < -0.39 is 135 Å². The van der Waals surface area contributed by atoms with Gasteiger partial charge in [0.05, 0.1) is 109 Å². The second-order valence-electron chi connectivity index (χ2n) is 14.9. The lowest BCUT2D eigenvalue weighted by Crippen LogP contribution is -2.66. The minimum Gasteiger partial charge on any atom is -0.493 e. The average molecular weight is 878 g/mol. The quantitative estimate of drug-likeness (QED) is 0.0584. The van der Waals surface area contributed by atoms with Crippen LogP contribution in [0.25, 0.3) is 0 Å². The van der Waals surface area contributed by atoms with Gasteiger partial charge in [-0.15, -0.1) is 0 Å². The van der Waals surface area contributed by atoms with Gasteiger partial charge in [0.2, 0.25) is 23.5 Å². The van der Waals surface area contributed by atoms with E-state index >= 15 is 0 Å². The molecule has 3 aliphatic rings. The van der Waals surface area contributed by atoms with Crippen molar-refractivity contribution in [2.45, 2.75) is 100 Å². The van der Waals surface area contributed by atoms with Gasteiger partial charge in [-0.1, -0.05) is 0 Å². The number of benzene rings is 1. The molecule has 3 saturated heterocycles. The Labute approximate surface area is 351 Å². The first-order valence-electron chi connectivity index (χ1n) is 19.5. The smallest absolute Gasteiger partial charge is 0.338 e. The van der Waals surface area contributed by atoms with E-state index in [1.807, 2.05) is 0 Å². The van der Waals surface area contributed by atoms with Crippen LogP contribution in [0.15, 0.2) is 12.1 Å². The highest BCUT2D eigenvalue weighted by Gasteiger charge is 2.51. The lowest BCUT2D eigenvalue weighted by atomic mass is 9.85. The first-order valence-corrected chi connectivity index (χ1v) is 19.5. The summed E-state index contributed by atoms with van der Waals surface area (Å²) in [5.41, 5.74) is -0.0656. The van der Waals surface area contributed by atoms with Crippen LogP contribution in [0, 0.1) is 11.8 Å². The highest BCUT2D eigenvalue weighted by Crippen LogP contribution is 2.39. The topological polar surface area (TPSA) is 329 Å². The molecule has 3 fully saturated rings. The normalized spacial score (nSPS) is 33.8. The van der Waals surface area contributed by atoms with E-state index in [-0.39, 0.29) is 49.2 Å². The summed E-state index contributed by atoms with van der Waals surface area (Å²) in [7, 11) is 4.07. The minimum atomic E-state index is -1.64. The third kappa shape index (κ3) is 12.1. The van der Waals surface area contributed by atoms with Gasteiger partial charge in [-0.25, -0.2) is 4.79 Å². The average Bonchev–Trinajstić information content (AvgIpc) is 3.22. The number of rotatable bonds is 19. The van der Waals surface area contributed by atoms with Gasteiger partial charge in [-0.2, -0.15) is 0 Å². The van der Waals surface area contributed by atoms with Gasteiger partial charge in [0.15, 0.2) is 17.8 Å². The Hall–Kier alpha value is -3.98. The van der Waals surface area contributed by atoms with E-state index in [0.29, 0.717) is 0 Å². The largest absolute Gasteiger partial charge is 0.493 e. The Balaban J connectivity index is 1.66. The maximum atomic E-state index is 14.1. The molecule has 15 atom stereocenters. The lowest BCUT2D eigenvalue weighted by molar-refractivity contribution is -0.248. The van der Waals surface area contributed by atoms with Crippen molar-refractivity contribution in [3.8, 4) is 17.2 Å². The number of aliphatic hydroxyl groups is 7. The zero-order chi connectivity index (χ0) is 45.1. The van der Waals surface area contributed by atoms with Crippen molar-refractivity contribution in [2.24, 2.45) is 11.8 Å². The second kappa shape index (κ2) is 22.9. The molecule has 0 aromatic heterocycles. The van der Waals surface area contributed by atoms with Gasteiger partial charge in [0.1, 0.15) is 42.7 Å². The lowest BCUT2D eigenvalue weighted by Gasteiger charge is -2.47. The zero-order valence-corrected chi connectivity index (χ0v) is 34.7. The van der Waals surface area contributed by atoms with E-state index in [1.165, 1.54) is 54.2 Å². The Morgan fingerprint density at radius 2 is 1.05 bits per heavy atom. The molecule has 0 radical (unpaired) electrons. The van der Waals surface area contributed by atoms with E-state index in [0.717, 1.165) is 0 Å². The first-order chi connectivity index (χ1) is 29.0. The molecule has 6 unspecified atom stereocenters. The molecule has 346 valence electrons. The highest BCUT2D eigenvalue weighted by atomic mass is 16.6. The van der Waals surface area contributed by atoms with Gasteiger partial charge >= 0.3 is 5.97 Å². The molecule has 10 N–H and O–H groups in total. The molecule has 61 heavy (non-hydrogen) atoms. The van der Waals surface area contributed by atoms with Crippen molar-refractivity contribution in [2.75, 3.05) is 67.6 Å². The first kappa shape index (κ1) is 49.7. The SMILES string of the molecule is COc1cc(C(=O)O[C@@H]2C(NC(C)=O)[C@H](COC[C@@H]3C(CO)O[C@@H](O)C(NC(C)=O)[C@H]3O)OC(CO)[C@H]2COC[C@@H]2OC(CO)[C@@H](O)[C@H](O)C2NC(C)=O)cc(OC)c1OC. The van der Waals surface area contributed by atoms with Crippen molar-refractivity contribution in [1.29, 1.82) is 0 Å². The molecular weight excluding hydrogens is 818 g/mol. The fraction of sp³-hybridized carbons (Fsp3) is 0.737. The molecule has 4 rings (SSSR count). The number of ether oxygens (including phenoxy) is 9. The standard InChI is InChI=1S/C38H59N3O20/c1-16(45)39-29-27(59-26(11-44)33(49)34(29)50)14-57-13-21-25(10-43)58-28(15-56-12-20-24(9-42)60-38(52)31(32(20)48)41-18(3)47)30(40-17(2)46)35(21)61-37(51)19-7-22(53-4)36(55-6)23(8-19)54-5/h7-8,20-21,24-35,38,42-44,48-50,52H,9-15H2,1-6H3,(H,39,45)(H,40,46)(H,41,47)/t20-,21-,24?,25?,26?,27+,28+,29?,30?,31?,32+,33-,34-,35+,38-/m1/s1. The summed E-state index contributed by atoms with van der Waals surface area (Å²) in [4.78, 5) is 50.7. The number of esters is 1. The number of hydrogen-bond acceptors (Lipinski definition) is 20. The van der Waals surface area contributed by atoms with Crippen LogP contribution in [0.1, 0.15) is 31.1 Å². The maximum absolute atomic E-state index is 14.1. The maximum Gasteiger partial charge on any atom is 0.338 e. The summed E-state index contributed by atoms with van der Waals surface area (Å²) in [6.45, 7) is 0.155. The predicted molar refractivity (Wildman–Crippen MR) is 204 cm³/mol. The molecule has 0 bridgehead atoms. The monoisotopic (exact) mass is 877 g/mol. The molecule has 1 aromatic rings. The Morgan fingerprint density at radius 1 is 0.574 bits per heavy atom.